The van der Waals surface area contributed by atoms with Crippen LogP contribution >= 0.6 is 23.2 Å². The van der Waals surface area contributed by atoms with Crippen LogP contribution in [0.5, 0.6) is 0 Å². The number of benzene rings is 1. The van der Waals surface area contributed by atoms with Crippen LogP contribution in [0.2, 0.25) is 10.0 Å². The lowest BCUT2D eigenvalue weighted by atomic mass is 10.1. The smallest absolute Gasteiger partial charge is 0.153 e. The fraction of sp³-hybridized carbons (Fsp3) is 0.214. The quantitative estimate of drug-likeness (QED) is 0.685. The van der Waals surface area contributed by atoms with Crippen molar-refractivity contribution in [3.8, 4) is 0 Å². The molecule has 19 heavy (non-hydrogen) atoms. The topological polar surface area (TPSA) is 31.0 Å². The van der Waals surface area contributed by atoms with Crippen LogP contribution in [0.25, 0.3) is 11.0 Å². The number of furan rings is 1. The van der Waals surface area contributed by atoms with Crippen LogP contribution in [0, 0.1) is 0 Å². The van der Waals surface area contributed by atoms with Gasteiger partial charge in [-0.3, -0.25) is 0 Å². The van der Waals surface area contributed by atoms with Gasteiger partial charge in [-0.15, -0.1) is 0 Å². The van der Waals surface area contributed by atoms with Crippen LogP contribution in [0.1, 0.15) is 25.1 Å². The maximum Gasteiger partial charge on any atom is 0.153 e. The fourth-order valence-electron chi connectivity index (χ4n) is 2.27. The lowest BCUT2D eigenvalue weighted by Crippen LogP contribution is -2.06. The van der Waals surface area contributed by atoms with Crippen molar-refractivity contribution in [2.24, 2.45) is 0 Å². The largest absolute Gasteiger partial charge is 0.457 e. The van der Waals surface area contributed by atoms with Crippen molar-refractivity contribution in [1.82, 2.24) is 9.55 Å². The van der Waals surface area contributed by atoms with Gasteiger partial charge in [-0.1, -0.05) is 30.1 Å². The van der Waals surface area contributed by atoms with Crippen LogP contribution < -0.4 is 0 Å². The molecular weight excluding hydrogens is 283 g/mol. The van der Waals surface area contributed by atoms with E-state index in [2.05, 4.69) is 11.9 Å². The second-order valence-corrected chi connectivity index (χ2v) is 5.23. The van der Waals surface area contributed by atoms with Gasteiger partial charge in [0.2, 0.25) is 0 Å². The Morgan fingerprint density at radius 1 is 1.32 bits per heavy atom. The van der Waals surface area contributed by atoms with Crippen molar-refractivity contribution in [2.45, 2.75) is 19.4 Å². The molecule has 0 bridgehead atoms. The number of halogens is 2. The molecule has 0 amide bonds. The first-order chi connectivity index (χ1) is 9.19. The minimum Gasteiger partial charge on any atom is -0.457 e. The molecule has 2 aromatic heterocycles. The molecule has 0 radical (unpaired) electrons. The summed E-state index contributed by atoms with van der Waals surface area (Å²) in [4.78, 5) is 4.08. The van der Waals surface area contributed by atoms with E-state index in [9.17, 15) is 0 Å². The minimum absolute atomic E-state index is 0.116. The number of hydrogen-bond acceptors (Lipinski definition) is 2. The number of imidazole rings is 1. The Labute approximate surface area is 120 Å². The molecule has 1 atom stereocenters. The molecule has 0 saturated heterocycles. The zero-order valence-corrected chi connectivity index (χ0v) is 11.8. The first kappa shape index (κ1) is 12.6. The number of aromatic nitrogens is 2. The number of nitrogens with zero attached hydrogens (tertiary/aromatic N) is 2. The molecule has 0 fully saturated rings. The highest BCUT2D eigenvalue weighted by atomic mass is 35.5. The maximum atomic E-state index is 6.15. The Kier molecular flexibility index (Phi) is 3.25. The Bertz CT molecular complexity index is 704. The third-order valence-corrected chi connectivity index (χ3v) is 3.65. The first-order valence-corrected chi connectivity index (χ1v) is 6.80. The summed E-state index contributed by atoms with van der Waals surface area (Å²) in [5.41, 5.74) is 0.680. The van der Waals surface area contributed by atoms with Gasteiger partial charge in [0, 0.05) is 22.8 Å². The average Bonchev–Trinajstić information content (AvgIpc) is 2.99. The molecule has 98 valence electrons. The molecule has 0 aliphatic rings. The molecule has 1 aromatic carbocycles. The van der Waals surface area contributed by atoms with E-state index in [1.807, 2.05) is 22.9 Å². The molecular formula is C14H12Cl2N2O. The van der Waals surface area contributed by atoms with E-state index >= 15 is 0 Å². The fourth-order valence-corrected chi connectivity index (χ4v) is 2.82. The summed E-state index contributed by atoms with van der Waals surface area (Å²) in [6.07, 6.45) is 6.38. The minimum atomic E-state index is 0.116. The Hall–Kier alpha value is -1.45. The molecule has 0 aliphatic carbocycles. The standard InChI is InChI=1S/C14H12Cl2N2O/c1-2-12(18-4-3-17-8-18)13-6-9-5-10(15)7-11(16)14(9)19-13/h3-8,12H,2H2,1H3/t12-/m1/s1. The van der Waals surface area contributed by atoms with Gasteiger partial charge >= 0.3 is 0 Å². The maximum absolute atomic E-state index is 6.15. The number of fused-ring (bicyclic) bond motifs is 1. The molecule has 3 rings (SSSR count). The lowest BCUT2D eigenvalue weighted by molar-refractivity contribution is 0.439. The van der Waals surface area contributed by atoms with Crippen LogP contribution in [-0.4, -0.2) is 9.55 Å². The molecule has 2 heterocycles. The number of rotatable bonds is 3. The van der Waals surface area contributed by atoms with E-state index in [0.717, 1.165) is 17.6 Å². The monoisotopic (exact) mass is 294 g/mol. The van der Waals surface area contributed by atoms with E-state index in [1.165, 1.54) is 0 Å². The highest BCUT2D eigenvalue weighted by molar-refractivity contribution is 6.38. The zero-order valence-electron chi connectivity index (χ0n) is 10.3. The van der Waals surface area contributed by atoms with Gasteiger partial charge in [0.05, 0.1) is 17.4 Å². The summed E-state index contributed by atoms with van der Waals surface area (Å²) in [6, 6.07) is 5.65. The summed E-state index contributed by atoms with van der Waals surface area (Å²) in [7, 11) is 0. The Balaban J connectivity index is 2.12. The van der Waals surface area contributed by atoms with Gasteiger partial charge in [0.15, 0.2) is 5.58 Å². The number of hydrogen-bond donors (Lipinski definition) is 0. The van der Waals surface area contributed by atoms with Gasteiger partial charge < -0.3 is 8.98 Å². The van der Waals surface area contributed by atoms with Crippen LogP contribution in [-0.2, 0) is 0 Å². The van der Waals surface area contributed by atoms with Crippen molar-refractivity contribution in [3.63, 3.8) is 0 Å². The van der Waals surface area contributed by atoms with Crippen molar-refractivity contribution in [3.05, 3.63) is 52.7 Å². The first-order valence-electron chi connectivity index (χ1n) is 6.05. The third-order valence-electron chi connectivity index (χ3n) is 3.15. The molecule has 0 N–H and O–H groups in total. The van der Waals surface area contributed by atoms with Crippen LogP contribution in [0.15, 0.2) is 41.3 Å². The summed E-state index contributed by atoms with van der Waals surface area (Å²) in [5, 5.41) is 2.07. The Morgan fingerprint density at radius 2 is 2.16 bits per heavy atom. The van der Waals surface area contributed by atoms with Crippen molar-refractivity contribution in [2.75, 3.05) is 0 Å². The average molecular weight is 295 g/mol. The van der Waals surface area contributed by atoms with E-state index in [1.54, 1.807) is 18.6 Å². The van der Waals surface area contributed by atoms with Crippen molar-refractivity contribution >= 4 is 34.2 Å². The second kappa shape index (κ2) is 4.91. The molecule has 5 heteroatoms. The SMILES string of the molecule is CC[C@H](c1cc2cc(Cl)cc(Cl)c2o1)n1ccnc1. The van der Waals surface area contributed by atoms with Gasteiger partial charge in [-0.05, 0) is 24.6 Å². The molecule has 3 nitrogen and oxygen atoms in total. The van der Waals surface area contributed by atoms with Gasteiger partial charge in [0.1, 0.15) is 5.76 Å². The predicted molar refractivity (Wildman–Crippen MR) is 76.9 cm³/mol. The van der Waals surface area contributed by atoms with Crippen LogP contribution in [0.3, 0.4) is 0 Å². The van der Waals surface area contributed by atoms with Crippen molar-refractivity contribution in [1.29, 1.82) is 0 Å². The summed E-state index contributed by atoms with van der Waals surface area (Å²) < 4.78 is 7.91. The summed E-state index contributed by atoms with van der Waals surface area (Å²) >= 11 is 12.2. The van der Waals surface area contributed by atoms with Crippen molar-refractivity contribution < 1.29 is 4.42 Å². The van der Waals surface area contributed by atoms with E-state index in [4.69, 9.17) is 27.6 Å². The molecule has 0 spiro atoms. The molecule has 0 saturated carbocycles. The summed E-state index contributed by atoms with van der Waals surface area (Å²) in [6.45, 7) is 2.10. The second-order valence-electron chi connectivity index (χ2n) is 4.39. The van der Waals surface area contributed by atoms with Gasteiger partial charge in [-0.2, -0.15) is 0 Å². The van der Waals surface area contributed by atoms with Gasteiger partial charge in [0.25, 0.3) is 0 Å². The van der Waals surface area contributed by atoms with Crippen LogP contribution in [0.4, 0.5) is 0 Å². The predicted octanol–water partition coefficient (Wildman–Crippen LogP) is 4.94. The zero-order chi connectivity index (χ0) is 13.4. The lowest BCUT2D eigenvalue weighted by Gasteiger charge is -2.13. The van der Waals surface area contributed by atoms with E-state index < -0.39 is 0 Å². The third kappa shape index (κ3) is 2.24. The molecule has 3 aromatic rings. The van der Waals surface area contributed by atoms with Gasteiger partial charge in [-0.25, -0.2) is 4.98 Å². The van der Waals surface area contributed by atoms with E-state index in [0.29, 0.717) is 15.6 Å². The highest BCUT2D eigenvalue weighted by Gasteiger charge is 2.17. The van der Waals surface area contributed by atoms with E-state index in [-0.39, 0.29) is 6.04 Å². The molecule has 0 aliphatic heterocycles. The Morgan fingerprint density at radius 3 is 2.84 bits per heavy atom. The normalized spacial score (nSPS) is 13.0. The highest BCUT2D eigenvalue weighted by Crippen LogP contribution is 2.34. The summed E-state index contributed by atoms with van der Waals surface area (Å²) in [5.74, 6) is 0.861. The molecule has 0 unspecified atom stereocenters.